The summed E-state index contributed by atoms with van der Waals surface area (Å²) in [6.45, 7) is 3.24. The van der Waals surface area contributed by atoms with Gasteiger partial charge in [0.05, 0.1) is 13.5 Å². The number of aliphatic hydroxyl groups is 1. The molecule has 2 N–H and O–H groups in total. The standard InChI is InChI=1S/C34H41NO9/c1-32-15-13-22(36)17-21(32)9-10-23-24-14-16-34(42,33(24,2)18-25(37)29(23)32)26(38)19-44-28(40)12-11-27(39)35-30(31(41)43-3)20-7-5-4-6-8-20/h4-8,17,23-24,29-30,42H,9-16,18-19H2,1-3H3,(H,35,39)/t23-,24+,29-,30+,32+,33-,34+/m1/s1. The second kappa shape index (κ2) is 12.0. The zero-order chi connectivity index (χ0) is 31.9. The van der Waals surface area contributed by atoms with E-state index >= 15 is 0 Å². The van der Waals surface area contributed by atoms with Crippen molar-refractivity contribution in [2.45, 2.75) is 83.3 Å². The number of fused-ring (bicyclic) bond motifs is 5. The van der Waals surface area contributed by atoms with Gasteiger partial charge in [0.15, 0.2) is 18.4 Å². The summed E-state index contributed by atoms with van der Waals surface area (Å²) in [6, 6.07) is 7.51. The van der Waals surface area contributed by atoms with Crippen LogP contribution in [0.25, 0.3) is 0 Å². The Kier molecular flexibility index (Phi) is 8.68. The highest BCUT2D eigenvalue weighted by Gasteiger charge is 2.68. The van der Waals surface area contributed by atoms with Crippen LogP contribution in [0.3, 0.4) is 0 Å². The molecule has 236 valence electrons. The minimum Gasteiger partial charge on any atom is -0.467 e. The van der Waals surface area contributed by atoms with Crippen LogP contribution in [0.1, 0.15) is 83.2 Å². The molecule has 10 nitrogen and oxygen atoms in total. The number of carbonyl (C=O) groups is 6. The van der Waals surface area contributed by atoms with Gasteiger partial charge in [-0.1, -0.05) is 49.8 Å². The van der Waals surface area contributed by atoms with E-state index in [4.69, 9.17) is 9.47 Å². The Bertz CT molecular complexity index is 1400. The predicted octanol–water partition coefficient (Wildman–Crippen LogP) is 3.35. The number of ketones is 3. The van der Waals surface area contributed by atoms with Crippen molar-refractivity contribution in [1.82, 2.24) is 5.32 Å². The predicted molar refractivity (Wildman–Crippen MR) is 157 cm³/mol. The summed E-state index contributed by atoms with van der Waals surface area (Å²) in [5.41, 5.74) is -1.61. The molecule has 0 radical (unpaired) electrons. The van der Waals surface area contributed by atoms with Gasteiger partial charge in [-0.2, -0.15) is 0 Å². The van der Waals surface area contributed by atoms with Crippen LogP contribution >= 0.6 is 0 Å². The fourth-order valence-electron chi connectivity index (χ4n) is 8.67. The molecule has 1 aromatic carbocycles. The van der Waals surface area contributed by atoms with E-state index in [0.717, 1.165) is 18.4 Å². The Hall–Kier alpha value is -3.66. The number of benzene rings is 1. The van der Waals surface area contributed by atoms with Gasteiger partial charge in [-0.25, -0.2) is 4.79 Å². The first-order valence-electron chi connectivity index (χ1n) is 15.4. The van der Waals surface area contributed by atoms with Gasteiger partial charge < -0.3 is 19.9 Å². The number of nitrogens with one attached hydrogen (secondary N) is 1. The third-order valence-electron chi connectivity index (χ3n) is 11.1. The zero-order valence-corrected chi connectivity index (χ0v) is 25.6. The first-order valence-corrected chi connectivity index (χ1v) is 15.4. The van der Waals surface area contributed by atoms with Crippen molar-refractivity contribution in [1.29, 1.82) is 0 Å². The van der Waals surface area contributed by atoms with E-state index < -0.39 is 47.3 Å². The Morgan fingerprint density at radius 1 is 1.02 bits per heavy atom. The minimum atomic E-state index is -1.82. The van der Waals surface area contributed by atoms with Crippen molar-refractivity contribution < 1.29 is 43.3 Å². The number of hydrogen-bond donors (Lipinski definition) is 2. The smallest absolute Gasteiger partial charge is 0.333 e. The van der Waals surface area contributed by atoms with Crippen molar-refractivity contribution in [3.8, 4) is 0 Å². The molecule has 0 saturated heterocycles. The van der Waals surface area contributed by atoms with E-state index in [0.29, 0.717) is 24.8 Å². The van der Waals surface area contributed by atoms with Gasteiger partial charge in [0, 0.05) is 30.6 Å². The second-order valence-electron chi connectivity index (χ2n) is 13.3. The number of allylic oxidation sites excluding steroid dienone is 1. The average molecular weight is 608 g/mol. The van der Waals surface area contributed by atoms with Crippen molar-refractivity contribution in [3.63, 3.8) is 0 Å². The minimum absolute atomic E-state index is 0.00388. The van der Waals surface area contributed by atoms with Gasteiger partial charge in [0.1, 0.15) is 11.4 Å². The van der Waals surface area contributed by atoms with Crippen LogP contribution in [0.2, 0.25) is 0 Å². The van der Waals surface area contributed by atoms with E-state index in [-0.39, 0.29) is 60.4 Å². The number of rotatable bonds is 9. The molecule has 4 aliphatic rings. The van der Waals surface area contributed by atoms with Crippen molar-refractivity contribution >= 4 is 35.2 Å². The molecular formula is C34H41NO9. The van der Waals surface area contributed by atoms with Crippen LogP contribution in [-0.2, 0) is 38.2 Å². The first-order chi connectivity index (χ1) is 20.8. The summed E-state index contributed by atoms with van der Waals surface area (Å²) in [5, 5.41) is 14.4. The molecular weight excluding hydrogens is 566 g/mol. The van der Waals surface area contributed by atoms with Gasteiger partial charge in [-0.05, 0) is 61.0 Å². The number of ether oxygens (including phenoxy) is 2. The lowest BCUT2D eigenvalue weighted by molar-refractivity contribution is -0.173. The number of methoxy groups -OCH3 is 1. The highest BCUT2D eigenvalue weighted by molar-refractivity contribution is 5.95. The van der Waals surface area contributed by atoms with E-state index in [1.54, 1.807) is 36.4 Å². The molecule has 0 unspecified atom stereocenters. The van der Waals surface area contributed by atoms with Crippen LogP contribution < -0.4 is 5.32 Å². The van der Waals surface area contributed by atoms with Gasteiger partial charge in [-0.3, -0.25) is 24.0 Å². The Morgan fingerprint density at radius 2 is 1.75 bits per heavy atom. The van der Waals surface area contributed by atoms with Gasteiger partial charge in [0.25, 0.3) is 0 Å². The molecule has 1 amide bonds. The highest BCUT2D eigenvalue weighted by Crippen LogP contribution is 2.66. The summed E-state index contributed by atoms with van der Waals surface area (Å²) >= 11 is 0. The maximum atomic E-state index is 13.8. The zero-order valence-electron chi connectivity index (χ0n) is 25.6. The third-order valence-corrected chi connectivity index (χ3v) is 11.1. The van der Waals surface area contributed by atoms with Crippen molar-refractivity contribution in [3.05, 3.63) is 47.5 Å². The number of carbonyl (C=O) groups excluding carboxylic acids is 6. The van der Waals surface area contributed by atoms with E-state index in [1.807, 2.05) is 6.92 Å². The molecule has 3 fully saturated rings. The maximum absolute atomic E-state index is 13.8. The summed E-state index contributed by atoms with van der Waals surface area (Å²) in [4.78, 5) is 76.6. The second-order valence-corrected chi connectivity index (χ2v) is 13.3. The van der Waals surface area contributed by atoms with Crippen LogP contribution in [0.15, 0.2) is 42.0 Å². The third kappa shape index (κ3) is 5.42. The van der Waals surface area contributed by atoms with Crippen LogP contribution in [0.4, 0.5) is 0 Å². The van der Waals surface area contributed by atoms with Gasteiger partial charge in [0.2, 0.25) is 11.7 Å². The highest BCUT2D eigenvalue weighted by atomic mass is 16.5. The summed E-state index contributed by atoms with van der Waals surface area (Å²) in [5.74, 6) is -2.83. The SMILES string of the molecule is COC(=O)[C@@H](NC(=O)CCC(=O)OCC(=O)[C@@]1(O)CC[C@H]2[C@H]3CCC4=CC(=O)CC[C@]4(C)[C@H]3C(=O)C[C@]21C)c1ccccc1. The van der Waals surface area contributed by atoms with Crippen molar-refractivity contribution in [2.24, 2.45) is 28.6 Å². The molecule has 0 aliphatic heterocycles. The largest absolute Gasteiger partial charge is 0.467 e. The molecule has 1 aromatic rings. The van der Waals surface area contributed by atoms with Gasteiger partial charge in [-0.15, -0.1) is 0 Å². The van der Waals surface area contributed by atoms with Crippen LogP contribution in [0.5, 0.6) is 0 Å². The fraction of sp³-hybridized carbons (Fsp3) is 0.588. The number of esters is 2. The Balaban J connectivity index is 1.18. The molecule has 0 aromatic heterocycles. The topological polar surface area (TPSA) is 153 Å². The molecule has 7 atom stereocenters. The summed E-state index contributed by atoms with van der Waals surface area (Å²) < 4.78 is 9.99. The van der Waals surface area contributed by atoms with Gasteiger partial charge >= 0.3 is 11.9 Å². The lowest BCUT2D eigenvalue weighted by Gasteiger charge is -2.57. The van der Waals surface area contributed by atoms with E-state index in [9.17, 15) is 33.9 Å². The Labute approximate surface area is 256 Å². The molecule has 0 spiro atoms. The fourth-order valence-corrected chi connectivity index (χ4v) is 8.67. The molecule has 5 rings (SSSR count). The molecule has 3 saturated carbocycles. The van der Waals surface area contributed by atoms with Crippen LogP contribution in [0, 0.1) is 28.6 Å². The van der Waals surface area contributed by atoms with Crippen LogP contribution in [-0.4, -0.2) is 59.6 Å². The number of amides is 1. The molecule has 0 bridgehead atoms. The number of Topliss-reactive ketones (excluding diaryl/α,β-unsaturated/α-hetero) is 2. The molecule has 4 aliphatic carbocycles. The van der Waals surface area contributed by atoms with Crippen molar-refractivity contribution in [2.75, 3.05) is 13.7 Å². The molecule has 0 heterocycles. The molecule has 10 heteroatoms. The number of hydrogen-bond acceptors (Lipinski definition) is 9. The maximum Gasteiger partial charge on any atom is 0.333 e. The Morgan fingerprint density at radius 3 is 2.45 bits per heavy atom. The quantitative estimate of drug-likeness (QED) is 0.403. The van der Waals surface area contributed by atoms with E-state index in [1.165, 1.54) is 7.11 Å². The lowest BCUT2D eigenvalue weighted by atomic mass is 9.46. The summed E-state index contributed by atoms with van der Waals surface area (Å²) in [6.07, 6.45) is 4.44. The van der Waals surface area contributed by atoms with E-state index in [2.05, 4.69) is 12.2 Å². The monoisotopic (exact) mass is 607 g/mol. The summed E-state index contributed by atoms with van der Waals surface area (Å²) in [7, 11) is 1.21. The molecule has 44 heavy (non-hydrogen) atoms. The normalized spacial score (nSPS) is 33.2. The average Bonchev–Trinajstić information content (AvgIpc) is 3.28. The first kappa shape index (κ1) is 31.8. The lowest BCUT2D eigenvalue weighted by Crippen LogP contribution is -2.61.